The van der Waals surface area contributed by atoms with Crippen molar-refractivity contribution in [2.45, 2.75) is 65.4 Å². The molecule has 0 saturated carbocycles. The predicted molar refractivity (Wildman–Crippen MR) is 91.5 cm³/mol. The molecule has 2 N–H and O–H groups in total. The van der Waals surface area contributed by atoms with Crippen LogP contribution in [0.4, 0.5) is 87.8 Å². The van der Waals surface area contributed by atoms with Crippen molar-refractivity contribution in [2.75, 3.05) is 13.2 Å². The first kappa shape index (κ1) is 43.3. The minimum absolute atomic E-state index is 1.94. The van der Waals surface area contributed by atoms with E-state index >= 15 is 0 Å². The summed E-state index contributed by atoms with van der Waals surface area (Å²) in [5.41, 5.74) is 0. The summed E-state index contributed by atoms with van der Waals surface area (Å²) in [5, 5.41) is -14.0. The van der Waals surface area contributed by atoms with E-state index in [0.717, 1.165) is 0 Å². The van der Waals surface area contributed by atoms with Crippen LogP contribution in [0.2, 0.25) is 0 Å². The van der Waals surface area contributed by atoms with E-state index in [9.17, 15) is 105 Å². The highest BCUT2D eigenvalue weighted by Crippen LogP contribution is 2.49. The van der Waals surface area contributed by atoms with Crippen LogP contribution in [0.5, 0.6) is 0 Å². The lowest BCUT2D eigenvalue weighted by Crippen LogP contribution is -2.60. The van der Waals surface area contributed by atoms with Crippen molar-refractivity contribution in [3.8, 4) is 0 Å². The molecule has 32 heteroatoms. The molecule has 0 fully saturated rings. The zero-order chi connectivity index (χ0) is 36.9. The first-order valence-corrected chi connectivity index (χ1v) is 12.3. The Labute approximate surface area is 232 Å². The highest BCUT2D eigenvalue weighted by Gasteiger charge is 2.74. The molecule has 0 aliphatic carbocycles. The second kappa shape index (κ2) is 12.4. The van der Waals surface area contributed by atoms with E-state index in [1.807, 2.05) is 9.47 Å². The number of rotatable bonds is 18. The van der Waals surface area contributed by atoms with E-state index in [1.54, 1.807) is 0 Å². The van der Waals surface area contributed by atoms with Gasteiger partial charge in [-0.05, 0) is 0 Å². The summed E-state index contributed by atoms with van der Waals surface area (Å²) in [7, 11) is -14.7. The Balaban J connectivity index is 5.81. The van der Waals surface area contributed by atoms with E-state index in [4.69, 9.17) is 9.11 Å². The predicted octanol–water partition coefficient (Wildman–Crippen LogP) is 4.88. The van der Waals surface area contributed by atoms with Crippen molar-refractivity contribution >= 4 is 20.2 Å². The summed E-state index contributed by atoms with van der Waals surface area (Å²) in [6, 6.07) is 0. The van der Waals surface area contributed by atoms with Crippen molar-refractivity contribution in [1.29, 1.82) is 0 Å². The lowest BCUT2D eigenvalue weighted by Gasteiger charge is -2.34. The first-order chi connectivity index (χ1) is 19.2. The van der Waals surface area contributed by atoms with Gasteiger partial charge in [0.15, 0.2) is 0 Å². The summed E-state index contributed by atoms with van der Waals surface area (Å²) in [6.07, 6.45) is -38.5. The normalized spacial score (nSPS) is 17.4. The summed E-state index contributed by atoms with van der Waals surface area (Å²) in [5.74, 6) is -21.4. The fraction of sp³-hybridized carbons (Fsp3) is 1.00. The third-order valence-electron chi connectivity index (χ3n) is 4.17. The largest absolute Gasteiger partial charge is 0.460 e. The molecular weight excluding hydrogens is 760 g/mol. The summed E-state index contributed by atoms with van der Waals surface area (Å²) >= 11 is 0. The second-order valence-corrected chi connectivity index (χ2v) is 10.5. The zero-order valence-electron chi connectivity index (χ0n) is 19.6. The zero-order valence-corrected chi connectivity index (χ0v) is 21.2. The maximum Gasteiger partial charge on any atom is 0.460 e. The first-order valence-electron chi connectivity index (χ1n) is 9.43. The Hall–Kier alpha value is -1.74. The van der Waals surface area contributed by atoms with Crippen molar-refractivity contribution < 1.29 is 133 Å². The second-order valence-electron chi connectivity index (χ2n) is 7.57. The van der Waals surface area contributed by atoms with Crippen molar-refractivity contribution in [3.63, 3.8) is 0 Å². The average molecular weight is 768 g/mol. The topological polar surface area (TPSA) is 146 Å². The summed E-state index contributed by atoms with van der Waals surface area (Å²) < 4.78 is 329. The Morgan fingerprint density at radius 3 is 0.911 bits per heavy atom. The maximum absolute atomic E-state index is 13.6. The molecule has 0 aliphatic rings. The molecule has 272 valence electrons. The highest BCUT2D eigenvalue weighted by atomic mass is 32.2. The minimum atomic E-state index is -7.45. The van der Waals surface area contributed by atoms with Crippen LogP contribution in [-0.2, 0) is 39.2 Å². The minimum Gasteiger partial charge on any atom is -0.310 e. The van der Waals surface area contributed by atoms with Gasteiger partial charge in [-0.2, -0.15) is 95.9 Å². The standard InChI is InChI=1S/C13H8F20O10S2/c14-3(42-10(26,27)12(30,31)44(34,35)36)7(20,21)40-1-5(16,17)9(24,25)6(18,19)2-41-8(22,23)4(15)43-11(28,29)13(32,33)45(37,38)39/h3-4H,1-2H2,(H,34,35,36)(H,37,38,39). The molecule has 0 rings (SSSR count). The van der Waals surface area contributed by atoms with E-state index < -0.39 is 98.9 Å². The van der Waals surface area contributed by atoms with Gasteiger partial charge in [0, 0.05) is 0 Å². The van der Waals surface area contributed by atoms with Crippen LogP contribution in [0.1, 0.15) is 0 Å². The fourth-order valence-corrected chi connectivity index (χ4v) is 2.49. The van der Waals surface area contributed by atoms with Crippen molar-refractivity contribution in [2.24, 2.45) is 0 Å². The molecule has 0 radical (unpaired) electrons. The Kier molecular flexibility index (Phi) is 11.9. The molecule has 0 bridgehead atoms. The molecule has 0 amide bonds. The van der Waals surface area contributed by atoms with Crippen molar-refractivity contribution in [1.82, 2.24) is 0 Å². The molecule has 0 aliphatic heterocycles. The number of hydrogen-bond acceptors (Lipinski definition) is 8. The molecule has 2 atom stereocenters. The Morgan fingerprint density at radius 1 is 0.489 bits per heavy atom. The van der Waals surface area contributed by atoms with Gasteiger partial charge in [-0.1, -0.05) is 0 Å². The monoisotopic (exact) mass is 768 g/mol. The smallest absolute Gasteiger partial charge is 0.310 e. The van der Waals surface area contributed by atoms with Crippen molar-refractivity contribution in [3.05, 3.63) is 0 Å². The highest BCUT2D eigenvalue weighted by molar-refractivity contribution is 7.87. The van der Waals surface area contributed by atoms with Crippen LogP contribution in [-0.4, -0.2) is 105 Å². The van der Waals surface area contributed by atoms with Crippen LogP contribution in [0.3, 0.4) is 0 Å². The van der Waals surface area contributed by atoms with Gasteiger partial charge in [0.2, 0.25) is 0 Å². The molecule has 2 unspecified atom stereocenters. The molecule has 0 heterocycles. The average Bonchev–Trinajstić information content (AvgIpc) is 2.79. The van der Waals surface area contributed by atoms with E-state index in [1.165, 1.54) is 0 Å². The van der Waals surface area contributed by atoms with Gasteiger partial charge in [0.1, 0.15) is 13.2 Å². The van der Waals surface area contributed by atoms with Crippen LogP contribution >= 0.6 is 0 Å². The molecule has 0 saturated heterocycles. The van der Waals surface area contributed by atoms with Gasteiger partial charge >= 0.3 is 72.9 Å². The molecule has 0 aromatic carbocycles. The van der Waals surface area contributed by atoms with E-state index in [2.05, 4.69) is 9.47 Å². The van der Waals surface area contributed by atoms with E-state index in [0.29, 0.717) is 0 Å². The quantitative estimate of drug-likeness (QED) is 0.146. The molecule has 0 aromatic heterocycles. The van der Waals surface area contributed by atoms with Crippen LogP contribution < -0.4 is 0 Å². The number of alkyl halides is 20. The van der Waals surface area contributed by atoms with Crippen LogP contribution in [0.25, 0.3) is 0 Å². The molecule has 45 heavy (non-hydrogen) atoms. The van der Waals surface area contributed by atoms with Crippen LogP contribution in [0, 0.1) is 0 Å². The molecule has 10 nitrogen and oxygen atoms in total. The molecular formula is C13H8F20O10S2. The lowest BCUT2D eigenvalue weighted by atomic mass is 10.1. The molecule has 0 aromatic rings. The number of ether oxygens (including phenoxy) is 4. The van der Waals surface area contributed by atoms with E-state index in [-0.39, 0.29) is 0 Å². The number of hydrogen-bond donors (Lipinski definition) is 2. The van der Waals surface area contributed by atoms with Gasteiger partial charge in [0.25, 0.3) is 12.7 Å². The van der Waals surface area contributed by atoms with Crippen LogP contribution in [0.15, 0.2) is 0 Å². The van der Waals surface area contributed by atoms with Gasteiger partial charge in [-0.25, -0.2) is 8.78 Å². The van der Waals surface area contributed by atoms with Gasteiger partial charge < -0.3 is 9.47 Å². The van der Waals surface area contributed by atoms with Gasteiger partial charge in [-0.15, -0.1) is 0 Å². The lowest BCUT2D eigenvalue weighted by molar-refractivity contribution is -0.432. The van der Waals surface area contributed by atoms with Gasteiger partial charge in [0.05, 0.1) is 0 Å². The third kappa shape index (κ3) is 8.79. The summed E-state index contributed by atoms with van der Waals surface area (Å²) in [4.78, 5) is 0. The third-order valence-corrected chi connectivity index (χ3v) is 5.94. The van der Waals surface area contributed by atoms with Gasteiger partial charge in [-0.3, -0.25) is 18.6 Å². The maximum atomic E-state index is 13.6. The summed E-state index contributed by atoms with van der Waals surface area (Å²) in [6.45, 7) is -8.12. The Bertz CT molecular complexity index is 1160. The molecule has 0 spiro atoms. The SMILES string of the molecule is O=S(=O)(O)C(F)(F)C(F)(F)OC(F)C(F)(F)OCC(F)(F)C(F)(F)C(F)(F)COC(F)(F)C(F)OC(F)(F)C(F)(F)S(=O)(=O)O. The number of halogens is 20. The Morgan fingerprint density at radius 2 is 0.711 bits per heavy atom. The fourth-order valence-electron chi connectivity index (χ4n) is 1.79.